The average molecular weight is 308 g/mol. The van der Waals surface area contributed by atoms with E-state index >= 15 is 0 Å². The summed E-state index contributed by atoms with van der Waals surface area (Å²) < 4.78 is 13.0. The van der Waals surface area contributed by atoms with Gasteiger partial charge in [0.05, 0.1) is 30.0 Å². The number of aromatic nitrogens is 2. The van der Waals surface area contributed by atoms with Crippen LogP contribution < -0.4 is 15.2 Å². The monoisotopic (exact) mass is 307 g/mol. The van der Waals surface area contributed by atoms with Crippen LogP contribution in [0.5, 0.6) is 11.5 Å². The van der Waals surface area contributed by atoms with E-state index in [-0.39, 0.29) is 0 Å². The molecule has 0 bridgehead atoms. The second-order valence-electron chi connectivity index (χ2n) is 5.29. The first-order chi connectivity index (χ1) is 10.1. The molecule has 21 heavy (non-hydrogen) atoms. The van der Waals surface area contributed by atoms with E-state index in [9.17, 15) is 0 Å². The number of benzene rings is 1. The van der Waals surface area contributed by atoms with E-state index in [1.807, 2.05) is 0 Å². The molecule has 112 valence electrons. The topological polar surface area (TPSA) is 62.3 Å². The summed E-state index contributed by atoms with van der Waals surface area (Å²) in [5, 5.41) is 4.96. The lowest BCUT2D eigenvalue weighted by molar-refractivity contribution is 0.281. The Hall–Kier alpha value is -1.88. The zero-order valence-electron chi connectivity index (χ0n) is 12.1. The van der Waals surface area contributed by atoms with Crippen molar-refractivity contribution in [2.24, 2.45) is 13.0 Å². The highest BCUT2D eigenvalue weighted by molar-refractivity contribution is 6.33. The standard InChI is InChI=1S/C15H18ClN3O2/c1-19-13(17)7-11(18-19)14-10(16)5-6-12(20-2)15(14)21-8-9-3-4-9/h5-7,9H,3-4,8,17H2,1-2H3. The summed E-state index contributed by atoms with van der Waals surface area (Å²) in [6.45, 7) is 0.673. The number of rotatable bonds is 5. The van der Waals surface area contributed by atoms with Crippen LogP contribution in [-0.4, -0.2) is 23.5 Å². The Morgan fingerprint density at radius 1 is 1.43 bits per heavy atom. The van der Waals surface area contributed by atoms with Gasteiger partial charge in [-0.25, -0.2) is 0 Å². The highest BCUT2D eigenvalue weighted by atomic mass is 35.5. The van der Waals surface area contributed by atoms with Crippen molar-refractivity contribution >= 4 is 17.4 Å². The Balaban J connectivity index is 2.06. The number of nitrogen functional groups attached to an aromatic ring is 1. The molecule has 1 heterocycles. The van der Waals surface area contributed by atoms with Gasteiger partial charge in [0.25, 0.3) is 0 Å². The molecule has 0 saturated heterocycles. The van der Waals surface area contributed by atoms with Gasteiger partial charge in [-0.05, 0) is 30.9 Å². The fourth-order valence-electron chi connectivity index (χ4n) is 2.17. The van der Waals surface area contributed by atoms with Crippen molar-refractivity contribution in [1.29, 1.82) is 0 Å². The fraction of sp³-hybridized carbons (Fsp3) is 0.400. The largest absolute Gasteiger partial charge is 0.493 e. The lowest BCUT2D eigenvalue weighted by Crippen LogP contribution is -2.03. The third-order valence-corrected chi connectivity index (χ3v) is 3.94. The van der Waals surface area contributed by atoms with E-state index in [1.165, 1.54) is 12.8 Å². The molecule has 1 aromatic carbocycles. The van der Waals surface area contributed by atoms with Gasteiger partial charge in [0.1, 0.15) is 5.82 Å². The number of halogens is 1. The SMILES string of the molecule is COc1ccc(Cl)c(-c2cc(N)n(C)n2)c1OCC1CC1. The molecule has 1 aromatic heterocycles. The van der Waals surface area contributed by atoms with Crippen molar-refractivity contribution in [3.63, 3.8) is 0 Å². The van der Waals surface area contributed by atoms with Gasteiger partial charge in [-0.2, -0.15) is 5.10 Å². The van der Waals surface area contributed by atoms with Crippen LogP contribution in [0.15, 0.2) is 18.2 Å². The molecule has 2 N–H and O–H groups in total. The van der Waals surface area contributed by atoms with Gasteiger partial charge >= 0.3 is 0 Å². The molecule has 1 aliphatic rings. The first kappa shape index (κ1) is 14.1. The van der Waals surface area contributed by atoms with Crippen molar-refractivity contribution in [2.45, 2.75) is 12.8 Å². The number of nitrogens with zero attached hydrogens (tertiary/aromatic N) is 2. The van der Waals surface area contributed by atoms with Crippen LogP contribution in [0.2, 0.25) is 5.02 Å². The number of ether oxygens (including phenoxy) is 2. The number of methoxy groups -OCH3 is 1. The molecule has 1 saturated carbocycles. The summed E-state index contributed by atoms with van der Waals surface area (Å²) in [5.41, 5.74) is 7.28. The highest BCUT2D eigenvalue weighted by Crippen LogP contribution is 2.44. The lowest BCUT2D eigenvalue weighted by Gasteiger charge is -2.15. The van der Waals surface area contributed by atoms with Gasteiger partial charge in [0.15, 0.2) is 11.5 Å². The minimum Gasteiger partial charge on any atom is -0.493 e. The van der Waals surface area contributed by atoms with Gasteiger partial charge in [-0.15, -0.1) is 0 Å². The van der Waals surface area contributed by atoms with Crippen LogP contribution in [0.1, 0.15) is 12.8 Å². The molecule has 0 spiro atoms. The van der Waals surface area contributed by atoms with Gasteiger partial charge in [0.2, 0.25) is 0 Å². The lowest BCUT2D eigenvalue weighted by atomic mass is 10.1. The zero-order chi connectivity index (χ0) is 15.0. The average Bonchev–Trinajstić information content (AvgIpc) is 3.23. The molecule has 2 aromatic rings. The third-order valence-electron chi connectivity index (χ3n) is 3.62. The Morgan fingerprint density at radius 3 is 2.76 bits per heavy atom. The normalized spacial score (nSPS) is 14.2. The van der Waals surface area contributed by atoms with Crippen LogP contribution in [-0.2, 0) is 7.05 Å². The molecular formula is C15H18ClN3O2. The minimum atomic E-state index is 0.567. The van der Waals surface area contributed by atoms with Gasteiger partial charge < -0.3 is 15.2 Å². The molecule has 0 amide bonds. The summed E-state index contributed by atoms with van der Waals surface area (Å²) >= 11 is 6.36. The first-order valence-corrected chi connectivity index (χ1v) is 7.27. The maximum atomic E-state index is 6.36. The number of aryl methyl sites for hydroxylation is 1. The molecule has 0 atom stereocenters. The van der Waals surface area contributed by atoms with Crippen molar-refractivity contribution in [2.75, 3.05) is 19.5 Å². The van der Waals surface area contributed by atoms with Crippen molar-refractivity contribution < 1.29 is 9.47 Å². The molecule has 1 aliphatic carbocycles. The first-order valence-electron chi connectivity index (χ1n) is 6.89. The van der Waals surface area contributed by atoms with Crippen LogP contribution in [0.3, 0.4) is 0 Å². The summed E-state index contributed by atoms with van der Waals surface area (Å²) in [5.74, 6) is 2.49. The van der Waals surface area contributed by atoms with E-state index in [1.54, 1.807) is 37.0 Å². The van der Waals surface area contributed by atoms with Crippen LogP contribution in [0.25, 0.3) is 11.3 Å². The van der Waals surface area contributed by atoms with Crippen LogP contribution in [0.4, 0.5) is 5.82 Å². The van der Waals surface area contributed by atoms with Crippen LogP contribution in [0, 0.1) is 5.92 Å². The summed E-state index contributed by atoms with van der Waals surface area (Å²) in [6, 6.07) is 5.37. The van der Waals surface area contributed by atoms with Gasteiger partial charge in [-0.3, -0.25) is 4.68 Å². The number of nitrogens with two attached hydrogens (primary N) is 1. The second-order valence-corrected chi connectivity index (χ2v) is 5.69. The summed E-state index contributed by atoms with van der Waals surface area (Å²) in [4.78, 5) is 0. The Kier molecular flexibility index (Phi) is 3.68. The molecule has 6 heteroatoms. The maximum absolute atomic E-state index is 6.36. The van der Waals surface area contributed by atoms with Crippen molar-refractivity contribution in [3.8, 4) is 22.8 Å². The predicted octanol–water partition coefficient (Wildman–Crippen LogP) is 3.12. The Labute approximate surface area is 128 Å². The maximum Gasteiger partial charge on any atom is 0.172 e. The van der Waals surface area contributed by atoms with Crippen molar-refractivity contribution in [1.82, 2.24) is 9.78 Å². The molecule has 3 rings (SSSR count). The Bertz CT molecular complexity index is 646. The number of anilines is 1. The number of hydrogen-bond donors (Lipinski definition) is 1. The van der Waals surface area contributed by atoms with E-state index in [2.05, 4.69) is 5.10 Å². The number of hydrogen-bond acceptors (Lipinski definition) is 4. The predicted molar refractivity (Wildman–Crippen MR) is 82.8 cm³/mol. The van der Waals surface area contributed by atoms with Crippen LogP contribution >= 0.6 is 11.6 Å². The van der Waals surface area contributed by atoms with E-state index < -0.39 is 0 Å². The van der Waals surface area contributed by atoms with E-state index in [4.69, 9.17) is 26.8 Å². The van der Waals surface area contributed by atoms with Crippen molar-refractivity contribution in [3.05, 3.63) is 23.2 Å². The van der Waals surface area contributed by atoms with E-state index in [0.717, 1.165) is 5.56 Å². The quantitative estimate of drug-likeness (QED) is 0.922. The second kappa shape index (κ2) is 5.48. The van der Waals surface area contributed by atoms with E-state index in [0.29, 0.717) is 40.6 Å². The zero-order valence-corrected chi connectivity index (χ0v) is 12.9. The smallest absolute Gasteiger partial charge is 0.172 e. The molecule has 0 unspecified atom stereocenters. The molecule has 5 nitrogen and oxygen atoms in total. The van der Waals surface area contributed by atoms with Gasteiger partial charge in [0, 0.05) is 13.1 Å². The molecule has 0 aliphatic heterocycles. The van der Waals surface area contributed by atoms with Gasteiger partial charge in [-0.1, -0.05) is 11.6 Å². The molecule has 1 fully saturated rings. The highest BCUT2D eigenvalue weighted by Gasteiger charge is 2.25. The fourth-order valence-corrected chi connectivity index (χ4v) is 2.42. The summed E-state index contributed by atoms with van der Waals surface area (Å²) in [6.07, 6.45) is 2.43. The minimum absolute atomic E-state index is 0.567. The molecule has 0 radical (unpaired) electrons. The third kappa shape index (κ3) is 2.78. The summed E-state index contributed by atoms with van der Waals surface area (Å²) in [7, 11) is 3.40. The molecular weight excluding hydrogens is 290 g/mol. The Morgan fingerprint density at radius 2 is 2.19 bits per heavy atom.